The number of piperazine rings is 1. The van der Waals surface area contributed by atoms with Gasteiger partial charge in [-0.15, -0.1) is 0 Å². The van der Waals surface area contributed by atoms with Crippen LogP contribution in [0.4, 0.5) is 0 Å². The summed E-state index contributed by atoms with van der Waals surface area (Å²) in [6, 6.07) is 15.4. The number of H-pyrrole nitrogens is 1. The average molecular weight is 493 g/mol. The number of aromatic nitrogens is 4. The molecule has 1 unspecified atom stereocenters. The summed E-state index contributed by atoms with van der Waals surface area (Å²) < 4.78 is 25.7. The summed E-state index contributed by atoms with van der Waals surface area (Å²) >= 11 is -2.10. The zero-order chi connectivity index (χ0) is 24.2. The Morgan fingerprint density at radius 3 is 2.66 bits per heavy atom. The van der Waals surface area contributed by atoms with Crippen molar-refractivity contribution in [3.63, 3.8) is 0 Å². The first-order valence-corrected chi connectivity index (χ1v) is 12.4. The minimum Gasteiger partial charge on any atom is -0.439 e. The van der Waals surface area contributed by atoms with Crippen molar-refractivity contribution in [2.24, 2.45) is 0 Å². The van der Waals surface area contributed by atoms with Gasteiger partial charge in [-0.05, 0) is 36.4 Å². The molecule has 10 nitrogen and oxygen atoms in total. The van der Waals surface area contributed by atoms with Gasteiger partial charge >= 0.3 is 0 Å². The van der Waals surface area contributed by atoms with E-state index in [2.05, 4.69) is 20.1 Å². The molecule has 1 aliphatic rings. The Balaban J connectivity index is 1.19. The van der Waals surface area contributed by atoms with Crippen molar-refractivity contribution < 1.29 is 18.3 Å². The van der Waals surface area contributed by atoms with Crippen LogP contribution in [0.3, 0.4) is 0 Å². The van der Waals surface area contributed by atoms with Gasteiger partial charge in [-0.2, -0.15) is 5.10 Å². The zero-order valence-electron chi connectivity index (χ0n) is 18.8. The summed E-state index contributed by atoms with van der Waals surface area (Å²) in [7, 11) is 0. The number of hydrogen-bond acceptors (Lipinski definition) is 7. The maximum Gasteiger partial charge on any atom is 0.237 e. The number of nitrogens with zero attached hydrogens (tertiary/aromatic N) is 5. The van der Waals surface area contributed by atoms with Crippen LogP contribution in [0.1, 0.15) is 5.69 Å². The van der Waals surface area contributed by atoms with Crippen molar-refractivity contribution >= 4 is 27.9 Å². The van der Waals surface area contributed by atoms with Gasteiger partial charge in [-0.3, -0.25) is 19.8 Å². The SMILES string of the molecule is O=C(CS(=O)O)N1CCN(Cc2ccc3cc(Oc4ccc(-c5ccn[nH]5)cn4)ccc3n2)CC1. The van der Waals surface area contributed by atoms with E-state index in [4.69, 9.17) is 14.3 Å². The Bertz CT molecular complexity index is 1340. The largest absolute Gasteiger partial charge is 0.439 e. The molecule has 1 aromatic carbocycles. The summed E-state index contributed by atoms with van der Waals surface area (Å²) in [6.07, 6.45) is 3.43. The molecule has 4 heterocycles. The van der Waals surface area contributed by atoms with Crippen LogP contribution in [0.25, 0.3) is 22.2 Å². The van der Waals surface area contributed by atoms with Crippen LogP contribution in [0, 0.1) is 0 Å². The molecule has 11 heteroatoms. The summed E-state index contributed by atoms with van der Waals surface area (Å²) in [4.78, 5) is 25.0. The fourth-order valence-corrected chi connectivity index (χ4v) is 4.41. The molecule has 3 aromatic heterocycles. The lowest BCUT2D eigenvalue weighted by molar-refractivity contribution is -0.130. The van der Waals surface area contributed by atoms with Gasteiger partial charge in [-0.25, -0.2) is 9.19 Å². The normalized spacial score (nSPS) is 15.3. The van der Waals surface area contributed by atoms with Crippen molar-refractivity contribution in [1.29, 1.82) is 0 Å². The number of ether oxygens (including phenoxy) is 1. The molecular formula is C24H24N6O4S. The van der Waals surface area contributed by atoms with Gasteiger partial charge in [-0.1, -0.05) is 6.07 Å². The quantitative estimate of drug-likeness (QED) is 0.377. The van der Waals surface area contributed by atoms with Gasteiger partial charge in [0.05, 0.1) is 16.9 Å². The molecule has 0 radical (unpaired) electrons. The smallest absolute Gasteiger partial charge is 0.237 e. The van der Waals surface area contributed by atoms with Crippen LogP contribution >= 0.6 is 0 Å². The Morgan fingerprint density at radius 1 is 1.09 bits per heavy atom. The van der Waals surface area contributed by atoms with Crippen LogP contribution in [0.15, 0.2) is 60.9 Å². The van der Waals surface area contributed by atoms with Crippen LogP contribution in [0.2, 0.25) is 0 Å². The van der Waals surface area contributed by atoms with Crippen molar-refractivity contribution in [2.45, 2.75) is 6.54 Å². The van der Waals surface area contributed by atoms with Crippen molar-refractivity contribution in [3.05, 3.63) is 66.6 Å². The van der Waals surface area contributed by atoms with Crippen molar-refractivity contribution in [1.82, 2.24) is 30.0 Å². The van der Waals surface area contributed by atoms with Gasteiger partial charge < -0.3 is 14.2 Å². The Hall–Kier alpha value is -3.67. The summed E-state index contributed by atoms with van der Waals surface area (Å²) in [5.74, 6) is 0.555. The lowest BCUT2D eigenvalue weighted by Crippen LogP contribution is -2.49. The molecule has 1 saturated heterocycles. The molecule has 0 spiro atoms. The predicted octanol–water partition coefficient (Wildman–Crippen LogP) is 2.68. The maximum atomic E-state index is 12.0. The number of rotatable bonds is 7. The summed E-state index contributed by atoms with van der Waals surface area (Å²) in [5.41, 5.74) is 3.64. The molecule has 2 N–H and O–H groups in total. The number of pyridine rings is 2. The second kappa shape index (κ2) is 10.3. The van der Waals surface area contributed by atoms with E-state index in [9.17, 15) is 9.00 Å². The monoisotopic (exact) mass is 492 g/mol. The van der Waals surface area contributed by atoms with Crippen LogP contribution in [-0.4, -0.2) is 76.6 Å². The van der Waals surface area contributed by atoms with E-state index >= 15 is 0 Å². The van der Waals surface area contributed by atoms with Crippen LogP contribution < -0.4 is 4.74 Å². The van der Waals surface area contributed by atoms with E-state index in [0.717, 1.165) is 27.9 Å². The molecule has 0 saturated carbocycles. The van der Waals surface area contributed by atoms with Gasteiger partial charge in [0, 0.05) is 62.1 Å². The number of fused-ring (bicyclic) bond motifs is 1. The zero-order valence-corrected chi connectivity index (χ0v) is 19.6. The van der Waals surface area contributed by atoms with E-state index < -0.39 is 11.1 Å². The molecule has 1 atom stereocenters. The second-order valence-corrected chi connectivity index (χ2v) is 9.17. The molecule has 35 heavy (non-hydrogen) atoms. The van der Waals surface area contributed by atoms with E-state index in [-0.39, 0.29) is 11.7 Å². The maximum absolute atomic E-state index is 12.0. The van der Waals surface area contributed by atoms with Crippen molar-refractivity contribution in [3.8, 4) is 22.9 Å². The van der Waals surface area contributed by atoms with Gasteiger partial charge in [0.1, 0.15) is 11.5 Å². The second-order valence-electron chi connectivity index (χ2n) is 8.24. The third kappa shape index (κ3) is 5.70. The van der Waals surface area contributed by atoms with Gasteiger partial charge in [0.15, 0.2) is 11.1 Å². The van der Waals surface area contributed by atoms with E-state index in [1.165, 1.54) is 0 Å². The molecule has 1 aliphatic heterocycles. The molecular weight excluding hydrogens is 468 g/mol. The number of aromatic amines is 1. The number of benzene rings is 1. The summed E-state index contributed by atoms with van der Waals surface area (Å²) in [5, 5.41) is 7.83. The molecule has 5 rings (SSSR count). The fourth-order valence-electron chi connectivity index (χ4n) is 4.02. The van der Waals surface area contributed by atoms with Crippen LogP contribution in [0.5, 0.6) is 11.6 Å². The first-order chi connectivity index (χ1) is 17.0. The molecule has 1 amide bonds. The fraction of sp³-hybridized carbons (Fsp3) is 0.250. The average Bonchev–Trinajstić information content (AvgIpc) is 3.40. The van der Waals surface area contributed by atoms with Crippen molar-refractivity contribution in [2.75, 3.05) is 31.9 Å². The predicted molar refractivity (Wildman–Crippen MR) is 131 cm³/mol. The first kappa shape index (κ1) is 23.1. The highest BCUT2D eigenvalue weighted by atomic mass is 32.2. The Morgan fingerprint density at radius 2 is 1.94 bits per heavy atom. The summed E-state index contributed by atoms with van der Waals surface area (Å²) in [6.45, 7) is 3.15. The van der Waals surface area contributed by atoms with Gasteiger partial charge in [0.25, 0.3) is 0 Å². The van der Waals surface area contributed by atoms with E-state index in [0.29, 0.717) is 44.4 Å². The molecule has 180 valence electrons. The minimum absolute atomic E-state index is 0.281. The highest BCUT2D eigenvalue weighted by molar-refractivity contribution is 7.80. The number of hydrogen-bond donors (Lipinski definition) is 2. The first-order valence-electron chi connectivity index (χ1n) is 11.1. The lowest BCUT2D eigenvalue weighted by atomic mass is 10.2. The molecule has 4 aromatic rings. The minimum atomic E-state index is -2.10. The Kier molecular flexibility index (Phi) is 6.80. The Labute approximate surface area is 204 Å². The number of carbonyl (C=O) groups excluding carboxylic acids is 1. The molecule has 0 bridgehead atoms. The standard InChI is InChI=1S/C24H24N6O4S/c31-24(16-35(32)33)30-11-9-29(10-12-30)15-19-3-1-17-13-20(4-5-21(17)27-19)34-23-6-2-18(14-25-23)22-7-8-26-28-22/h1-8,13-14H,9-12,15-16H2,(H,26,28)(H,32,33). The third-order valence-corrected chi connectivity index (χ3v) is 6.34. The number of nitrogens with one attached hydrogen (secondary N) is 1. The molecule has 0 aliphatic carbocycles. The number of carbonyl (C=O) groups is 1. The van der Waals surface area contributed by atoms with E-state index in [1.54, 1.807) is 17.3 Å². The highest BCUT2D eigenvalue weighted by Gasteiger charge is 2.22. The molecule has 1 fully saturated rings. The van der Waals surface area contributed by atoms with Crippen LogP contribution in [-0.2, 0) is 22.4 Å². The third-order valence-electron chi connectivity index (χ3n) is 5.85. The highest BCUT2D eigenvalue weighted by Crippen LogP contribution is 2.26. The topological polar surface area (TPSA) is 125 Å². The lowest BCUT2D eigenvalue weighted by Gasteiger charge is -2.34. The van der Waals surface area contributed by atoms with Gasteiger partial charge in [0.2, 0.25) is 11.8 Å². The van der Waals surface area contributed by atoms with E-state index in [1.807, 2.05) is 48.5 Å². The number of amides is 1.